The highest BCUT2D eigenvalue weighted by molar-refractivity contribution is 8.01. The summed E-state index contributed by atoms with van der Waals surface area (Å²) in [6, 6.07) is 5.89. The van der Waals surface area contributed by atoms with Crippen molar-refractivity contribution < 1.29 is 14.2 Å². The summed E-state index contributed by atoms with van der Waals surface area (Å²) in [4.78, 5) is 1.15. The first-order valence-electron chi connectivity index (χ1n) is 4.24. The highest BCUT2D eigenvalue weighted by atomic mass is 32.2. The van der Waals surface area contributed by atoms with Gasteiger partial charge in [0.1, 0.15) is 5.75 Å². The molecule has 0 bridgehead atoms. The summed E-state index contributed by atoms with van der Waals surface area (Å²) in [6.45, 7) is 0. The number of ether oxygens (including phenoxy) is 3. The Morgan fingerprint density at radius 1 is 1.14 bits per heavy atom. The van der Waals surface area contributed by atoms with E-state index in [-0.39, 0.29) is 0 Å². The Bertz CT molecular complexity index is 347. The van der Waals surface area contributed by atoms with Crippen molar-refractivity contribution in [2.75, 3.05) is 21.3 Å². The number of hydrogen-bond donors (Lipinski definition) is 0. The van der Waals surface area contributed by atoms with E-state index >= 15 is 0 Å². The van der Waals surface area contributed by atoms with Crippen LogP contribution in [0.4, 0.5) is 0 Å². The molecule has 3 nitrogen and oxygen atoms in total. The topological polar surface area (TPSA) is 27.7 Å². The first kappa shape index (κ1) is 9.83. The third-order valence-corrected chi connectivity index (χ3v) is 3.66. The first-order chi connectivity index (χ1) is 6.77. The standard InChI is InChI=1S/C10H12O3S/c1-11-7-5-4-6-8-9(7)10(12-2,13-3)14-8/h4-6H,1-3H3. The van der Waals surface area contributed by atoms with Crippen LogP contribution in [0.15, 0.2) is 23.1 Å². The third kappa shape index (κ3) is 1.15. The van der Waals surface area contributed by atoms with Gasteiger partial charge in [-0.1, -0.05) is 17.8 Å². The first-order valence-corrected chi connectivity index (χ1v) is 5.06. The van der Waals surface area contributed by atoms with Crippen LogP contribution in [0.25, 0.3) is 0 Å². The molecule has 0 saturated carbocycles. The van der Waals surface area contributed by atoms with Gasteiger partial charge in [-0.05, 0) is 12.1 Å². The van der Waals surface area contributed by atoms with Crippen molar-refractivity contribution >= 4 is 11.8 Å². The lowest BCUT2D eigenvalue weighted by molar-refractivity contribution is -0.149. The monoisotopic (exact) mass is 212 g/mol. The van der Waals surface area contributed by atoms with E-state index in [4.69, 9.17) is 14.2 Å². The summed E-state index contributed by atoms with van der Waals surface area (Å²) in [7, 11) is 4.91. The van der Waals surface area contributed by atoms with Gasteiger partial charge in [-0.25, -0.2) is 0 Å². The Kier molecular flexibility index (Phi) is 2.43. The summed E-state index contributed by atoms with van der Waals surface area (Å²) in [5.74, 6) is 0.810. The molecule has 0 aliphatic carbocycles. The summed E-state index contributed by atoms with van der Waals surface area (Å²) in [5.41, 5.74) is 0.984. The lowest BCUT2D eigenvalue weighted by atomic mass is 10.1. The molecule has 0 radical (unpaired) electrons. The molecule has 4 heteroatoms. The molecule has 0 atom stereocenters. The van der Waals surface area contributed by atoms with E-state index in [9.17, 15) is 0 Å². The zero-order chi connectivity index (χ0) is 10.2. The molecular formula is C10H12O3S. The number of rotatable bonds is 3. The van der Waals surface area contributed by atoms with Crippen molar-refractivity contribution in [1.29, 1.82) is 0 Å². The zero-order valence-corrected chi connectivity index (χ0v) is 9.18. The Morgan fingerprint density at radius 2 is 1.86 bits per heavy atom. The second-order valence-corrected chi connectivity index (χ2v) is 4.08. The average Bonchev–Trinajstić information content (AvgIpc) is 2.20. The van der Waals surface area contributed by atoms with E-state index in [1.165, 1.54) is 0 Å². The molecule has 1 aromatic rings. The molecular weight excluding hydrogens is 200 g/mol. The molecule has 0 unspecified atom stereocenters. The lowest BCUT2D eigenvalue weighted by Crippen LogP contribution is -2.34. The number of hydrogen-bond acceptors (Lipinski definition) is 4. The molecule has 1 aromatic carbocycles. The van der Waals surface area contributed by atoms with E-state index in [2.05, 4.69) is 0 Å². The summed E-state index contributed by atoms with van der Waals surface area (Å²) in [6.07, 6.45) is 0. The van der Waals surface area contributed by atoms with Crippen LogP contribution in [0.3, 0.4) is 0 Å². The van der Waals surface area contributed by atoms with Crippen molar-refractivity contribution in [2.24, 2.45) is 0 Å². The number of benzene rings is 1. The minimum Gasteiger partial charge on any atom is -0.496 e. The van der Waals surface area contributed by atoms with Crippen molar-refractivity contribution in [3.63, 3.8) is 0 Å². The molecule has 0 N–H and O–H groups in total. The Morgan fingerprint density at radius 3 is 2.43 bits per heavy atom. The van der Waals surface area contributed by atoms with E-state index in [0.717, 1.165) is 16.2 Å². The molecule has 0 amide bonds. The summed E-state index contributed by atoms with van der Waals surface area (Å²) in [5, 5.41) is -0.679. The molecule has 1 heterocycles. The largest absolute Gasteiger partial charge is 0.496 e. The maximum atomic E-state index is 5.35. The average molecular weight is 212 g/mol. The second kappa shape index (κ2) is 3.46. The van der Waals surface area contributed by atoms with Crippen LogP contribution in [-0.4, -0.2) is 21.3 Å². The van der Waals surface area contributed by atoms with Gasteiger partial charge in [0.05, 0.1) is 12.7 Å². The lowest BCUT2D eigenvalue weighted by Gasteiger charge is -2.40. The Balaban J connectivity index is 2.48. The van der Waals surface area contributed by atoms with Crippen LogP contribution in [0.5, 0.6) is 5.75 Å². The van der Waals surface area contributed by atoms with Gasteiger partial charge in [-0.2, -0.15) is 0 Å². The van der Waals surface area contributed by atoms with Crippen molar-refractivity contribution in [1.82, 2.24) is 0 Å². The Labute approximate surface area is 87.3 Å². The fourth-order valence-electron chi connectivity index (χ4n) is 1.59. The van der Waals surface area contributed by atoms with Crippen molar-refractivity contribution in [3.05, 3.63) is 23.8 Å². The van der Waals surface area contributed by atoms with Crippen LogP contribution in [0.1, 0.15) is 5.56 Å². The normalized spacial score (nSPS) is 17.1. The molecule has 76 valence electrons. The van der Waals surface area contributed by atoms with Gasteiger partial charge in [0.15, 0.2) is 0 Å². The highest BCUT2D eigenvalue weighted by Gasteiger charge is 2.47. The highest BCUT2D eigenvalue weighted by Crippen LogP contribution is 2.58. The Hall–Kier alpha value is -0.710. The quantitative estimate of drug-likeness (QED) is 0.718. The smallest absolute Gasteiger partial charge is 0.254 e. The minimum absolute atomic E-state index is 0.679. The predicted octanol–water partition coefficient (Wildman–Crippen LogP) is 2.20. The maximum absolute atomic E-state index is 5.35. The third-order valence-electron chi connectivity index (χ3n) is 2.30. The van der Waals surface area contributed by atoms with Gasteiger partial charge in [0, 0.05) is 19.1 Å². The molecule has 0 fully saturated rings. The predicted molar refractivity (Wildman–Crippen MR) is 54.5 cm³/mol. The number of methoxy groups -OCH3 is 3. The van der Waals surface area contributed by atoms with Gasteiger partial charge in [-0.15, -0.1) is 0 Å². The van der Waals surface area contributed by atoms with Gasteiger partial charge in [-0.3, -0.25) is 0 Å². The summed E-state index contributed by atoms with van der Waals surface area (Å²) >= 11 is 1.55. The van der Waals surface area contributed by atoms with Crippen molar-refractivity contribution in [3.8, 4) is 5.75 Å². The van der Waals surface area contributed by atoms with Crippen LogP contribution in [0.2, 0.25) is 0 Å². The van der Waals surface area contributed by atoms with Gasteiger partial charge < -0.3 is 14.2 Å². The van der Waals surface area contributed by atoms with Gasteiger partial charge in [0.2, 0.25) is 0 Å². The molecule has 0 saturated heterocycles. The fraction of sp³-hybridized carbons (Fsp3) is 0.400. The molecule has 1 aliphatic heterocycles. The van der Waals surface area contributed by atoms with Gasteiger partial charge >= 0.3 is 0 Å². The van der Waals surface area contributed by atoms with E-state index in [1.54, 1.807) is 33.1 Å². The van der Waals surface area contributed by atoms with Gasteiger partial charge in [0.25, 0.3) is 5.12 Å². The van der Waals surface area contributed by atoms with Crippen LogP contribution >= 0.6 is 11.8 Å². The fourth-order valence-corrected chi connectivity index (χ4v) is 2.69. The molecule has 2 rings (SSSR count). The van der Waals surface area contributed by atoms with Crippen molar-refractivity contribution in [2.45, 2.75) is 10.0 Å². The van der Waals surface area contributed by atoms with E-state index in [0.29, 0.717) is 0 Å². The summed E-state index contributed by atoms with van der Waals surface area (Å²) < 4.78 is 16.0. The molecule has 0 spiro atoms. The van der Waals surface area contributed by atoms with Crippen LogP contribution < -0.4 is 4.74 Å². The van der Waals surface area contributed by atoms with Crippen LogP contribution in [-0.2, 0) is 14.6 Å². The maximum Gasteiger partial charge on any atom is 0.254 e. The molecule has 0 aromatic heterocycles. The number of fused-ring (bicyclic) bond motifs is 1. The minimum atomic E-state index is -0.679. The SMILES string of the molecule is COc1cccc2c1C(OC)(OC)S2. The van der Waals surface area contributed by atoms with E-state index in [1.807, 2.05) is 18.2 Å². The second-order valence-electron chi connectivity index (χ2n) is 2.90. The number of thioether (sulfide) groups is 1. The zero-order valence-electron chi connectivity index (χ0n) is 8.37. The molecule has 1 aliphatic rings. The molecule has 14 heavy (non-hydrogen) atoms. The van der Waals surface area contributed by atoms with E-state index < -0.39 is 5.12 Å². The van der Waals surface area contributed by atoms with Crippen LogP contribution in [0, 0.1) is 0 Å².